The summed E-state index contributed by atoms with van der Waals surface area (Å²) >= 11 is 0. The highest BCUT2D eigenvalue weighted by atomic mass is 32.2. The van der Waals surface area contributed by atoms with Gasteiger partial charge in [0.05, 0.1) is 7.11 Å². The molecule has 1 heterocycles. The van der Waals surface area contributed by atoms with Gasteiger partial charge in [-0.1, -0.05) is 18.2 Å². The highest BCUT2D eigenvalue weighted by molar-refractivity contribution is 7.89. The van der Waals surface area contributed by atoms with Gasteiger partial charge < -0.3 is 10.1 Å². The molecule has 0 saturated carbocycles. The van der Waals surface area contributed by atoms with Gasteiger partial charge in [0.1, 0.15) is 10.6 Å². The Morgan fingerprint density at radius 3 is 2.39 bits per heavy atom. The van der Waals surface area contributed by atoms with Gasteiger partial charge in [0, 0.05) is 24.7 Å². The van der Waals surface area contributed by atoms with Crippen LogP contribution in [0.1, 0.15) is 24.0 Å². The summed E-state index contributed by atoms with van der Waals surface area (Å²) < 4.78 is 32.8. The first kappa shape index (κ1) is 20.4. The van der Waals surface area contributed by atoms with Crippen LogP contribution in [0.5, 0.6) is 5.75 Å². The van der Waals surface area contributed by atoms with Crippen molar-refractivity contribution in [1.82, 2.24) is 4.31 Å². The van der Waals surface area contributed by atoms with Gasteiger partial charge in [-0.25, -0.2) is 8.42 Å². The number of nitrogens with zero attached hydrogens (tertiary/aromatic N) is 1. The normalized spacial score (nSPS) is 16.0. The van der Waals surface area contributed by atoms with Crippen molar-refractivity contribution in [3.05, 3.63) is 53.6 Å². The van der Waals surface area contributed by atoms with Crippen molar-refractivity contribution in [2.24, 2.45) is 5.92 Å². The molecule has 1 aliphatic rings. The van der Waals surface area contributed by atoms with Crippen molar-refractivity contribution in [3.63, 3.8) is 0 Å². The lowest BCUT2D eigenvalue weighted by Crippen LogP contribution is -2.41. The Bertz CT molecular complexity index is 964. The zero-order valence-electron chi connectivity index (χ0n) is 16.4. The van der Waals surface area contributed by atoms with Gasteiger partial charge in [-0.3, -0.25) is 4.79 Å². The van der Waals surface area contributed by atoms with Crippen LogP contribution in [0.25, 0.3) is 0 Å². The molecule has 1 aliphatic heterocycles. The number of anilines is 1. The molecule has 150 valence electrons. The van der Waals surface area contributed by atoms with Gasteiger partial charge in [-0.05, 0) is 62.1 Å². The molecule has 6 nitrogen and oxygen atoms in total. The van der Waals surface area contributed by atoms with Crippen molar-refractivity contribution in [3.8, 4) is 5.75 Å². The molecule has 2 aromatic rings. The third-order valence-electron chi connectivity index (χ3n) is 5.05. The number of ether oxygens (including phenoxy) is 1. The number of sulfonamides is 1. The Hall–Kier alpha value is -2.38. The summed E-state index contributed by atoms with van der Waals surface area (Å²) in [6, 6.07) is 12.8. The molecular weight excluding hydrogens is 376 g/mol. The molecule has 2 aromatic carbocycles. The third kappa shape index (κ3) is 4.36. The van der Waals surface area contributed by atoms with Crippen molar-refractivity contribution in [2.75, 3.05) is 25.5 Å². The fraction of sp³-hybridized carbons (Fsp3) is 0.381. The highest BCUT2D eigenvalue weighted by Gasteiger charge is 2.33. The van der Waals surface area contributed by atoms with E-state index in [-0.39, 0.29) is 16.7 Å². The summed E-state index contributed by atoms with van der Waals surface area (Å²) in [6.07, 6.45) is 0.982. The van der Waals surface area contributed by atoms with Crippen molar-refractivity contribution in [2.45, 2.75) is 31.6 Å². The van der Waals surface area contributed by atoms with E-state index in [9.17, 15) is 13.2 Å². The number of amides is 1. The summed E-state index contributed by atoms with van der Waals surface area (Å²) in [7, 11) is -2.20. The molecule has 7 heteroatoms. The Labute approximate surface area is 166 Å². The maximum atomic E-state index is 13.1. The van der Waals surface area contributed by atoms with Gasteiger partial charge >= 0.3 is 0 Å². The molecular formula is C21H26N2O4S. The minimum absolute atomic E-state index is 0.0595. The zero-order chi connectivity index (χ0) is 20.3. The number of rotatable bonds is 5. The smallest absolute Gasteiger partial charge is 0.246 e. The lowest BCUT2D eigenvalue weighted by atomic mass is 9.97. The minimum atomic E-state index is -3.66. The SMILES string of the molecule is COc1ccc(C)cc1S(=O)(=O)N1CCC(C(=O)Nc2cccc(C)c2)CC1. The van der Waals surface area contributed by atoms with Crippen LogP contribution in [0.15, 0.2) is 47.4 Å². The number of benzene rings is 2. The Morgan fingerprint density at radius 1 is 1.07 bits per heavy atom. The number of carbonyl (C=O) groups is 1. The molecule has 0 aliphatic carbocycles. The van der Waals surface area contributed by atoms with E-state index in [4.69, 9.17) is 4.74 Å². The lowest BCUT2D eigenvalue weighted by Gasteiger charge is -2.31. The average Bonchev–Trinajstić information content (AvgIpc) is 2.68. The number of aryl methyl sites for hydroxylation is 2. The first-order valence-corrected chi connectivity index (χ1v) is 10.8. The van der Waals surface area contributed by atoms with Crippen LogP contribution in [-0.4, -0.2) is 38.8 Å². The second kappa shape index (κ2) is 8.32. The zero-order valence-corrected chi connectivity index (χ0v) is 17.3. The molecule has 1 N–H and O–H groups in total. The number of nitrogens with one attached hydrogen (secondary N) is 1. The van der Waals surface area contributed by atoms with E-state index >= 15 is 0 Å². The average molecular weight is 403 g/mol. The molecule has 1 fully saturated rings. The van der Waals surface area contributed by atoms with Crippen LogP contribution in [-0.2, 0) is 14.8 Å². The summed E-state index contributed by atoms with van der Waals surface area (Å²) in [5.41, 5.74) is 2.70. The van der Waals surface area contributed by atoms with Crippen LogP contribution in [0.3, 0.4) is 0 Å². The molecule has 0 unspecified atom stereocenters. The number of hydrogen-bond acceptors (Lipinski definition) is 4. The number of methoxy groups -OCH3 is 1. The molecule has 1 saturated heterocycles. The first-order chi connectivity index (χ1) is 13.3. The summed E-state index contributed by atoms with van der Waals surface area (Å²) in [4.78, 5) is 12.7. The summed E-state index contributed by atoms with van der Waals surface area (Å²) in [5, 5.41) is 2.94. The van der Waals surface area contributed by atoms with E-state index in [2.05, 4.69) is 5.32 Å². The van der Waals surface area contributed by atoms with E-state index in [0.717, 1.165) is 16.8 Å². The Morgan fingerprint density at radius 2 is 1.75 bits per heavy atom. The van der Waals surface area contributed by atoms with Gasteiger partial charge in [0.15, 0.2) is 0 Å². The summed E-state index contributed by atoms with van der Waals surface area (Å²) in [5.74, 6) is 0.0760. The lowest BCUT2D eigenvalue weighted by molar-refractivity contribution is -0.120. The van der Waals surface area contributed by atoms with Gasteiger partial charge in [0.2, 0.25) is 15.9 Å². The molecule has 0 bridgehead atoms. The Kier molecular flexibility index (Phi) is 6.05. The van der Waals surface area contributed by atoms with Gasteiger partial charge in [0.25, 0.3) is 0 Å². The van der Waals surface area contributed by atoms with Crippen LogP contribution in [0.4, 0.5) is 5.69 Å². The Balaban J connectivity index is 1.68. The fourth-order valence-electron chi connectivity index (χ4n) is 3.45. The number of hydrogen-bond donors (Lipinski definition) is 1. The quantitative estimate of drug-likeness (QED) is 0.832. The minimum Gasteiger partial charge on any atom is -0.495 e. The fourth-order valence-corrected chi connectivity index (χ4v) is 5.16. The van der Waals surface area contributed by atoms with Crippen molar-refractivity contribution >= 4 is 21.6 Å². The van der Waals surface area contributed by atoms with Crippen LogP contribution in [0, 0.1) is 19.8 Å². The topological polar surface area (TPSA) is 75.7 Å². The molecule has 0 atom stereocenters. The summed E-state index contributed by atoms with van der Waals surface area (Å²) in [6.45, 7) is 4.44. The maximum absolute atomic E-state index is 13.1. The van der Waals surface area contributed by atoms with E-state index in [1.807, 2.05) is 44.2 Å². The largest absolute Gasteiger partial charge is 0.495 e. The van der Waals surface area contributed by atoms with E-state index in [1.165, 1.54) is 11.4 Å². The predicted molar refractivity (Wildman–Crippen MR) is 109 cm³/mol. The number of piperidine rings is 1. The molecule has 28 heavy (non-hydrogen) atoms. The van der Waals surface area contributed by atoms with Gasteiger partial charge in [-0.2, -0.15) is 4.31 Å². The maximum Gasteiger partial charge on any atom is 0.246 e. The number of carbonyl (C=O) groups excluding carboxylic acids is 1. The van der Waals surface area contributed by atoms with Gasteiger partial charge in [-0.15, -0.1) is 0 Å². The van der Waals surface area contributed by atoms with Crippen molar-refractivity contribution < 1.29 is 17.9 Å². The van der Waals surface area contributed by atoms with Crippen LogP contribution < -0.4 is 10.1 Å². The second-order valence-electron chi connectivity index (χ2n) is 7.19. The first-order valence-electron chi connectivity index (χ1n) is 9.33. The molecule has 0 spiro atoms. The molecule has 0 radical (unpaired) electrons. The van der Waals surface area contributed by atoms with E-state index in [1.54, 1.807) is 12.1 Å². The monoisotopic (exact) mass is 402 g/mol. The molecule has 3 rings (SSSR count). The standard InChI is InChI=1S/C21H26N2O4S/c1-15-5-4-6-18(13-15)22-21(24)17-9-11-23(12-10-17)28(25,26)20-14-16(2)7-8-19(20)27-3/h4-8,13-14,17H,9-12H2,1-3H3,(H,22,24). The predicted octanol–water partition coefficient (Wildman–Crippen LogP) is 3.35. The van der Waals surface area contributed by atoms with E-state index in [0.29, 0.717) is 31.7 Å². The highest BCUT2D eigenvalue weighted by Crippen LogP contribution is 2.30. The van der Waals surface area contributed by atoms with Crippen LogP contribution >= 0.6 is 0 Å². The van der Waals surface area contributed by atoms with Crippen molar-refractivity contribution in [1.29, 1.82) is 0 Å². The van der Waals surface area contributed by atoms with Crippen LogP contribution in [0.2, 0.25) is 0 Å². The molecule has 1 amide bonds. The van der Waals surface area contributed by atoms with E-state index < -0.39 is 10.0 Å². The third-order valence-corrected chi connectivity index (χ3v) is 6.97. The second-order valence-corrected chi connectivity index (χ2v) is 9.10. The molecule has 0 aromatic heterocycles.